The molecule has 154 valence electrons. The van der Waals surface area contributed by atoms with Gasteiger partial charge in [-0.05, 0) is 12.1 Å². The Morgan fingerprint density at radius 1 is 1.31 bits per heavy atom. The second kappa shape index (κ2) is 7.75. The zero-order valence-corrected chi connectivity index (χ0v) is 15.7. The van der Waals surface area contributed by atoms with Gasteiger partial charge in [-0.1, -0.05) is 18.2 Å². The molecule has 1 aromatic heterocycles. The number of epoxide rings is 1. The summed E-state index contributed by atoms with van der Waals surface area (Å²) in [4.78, 5) is 27.6. The molecule has 3 unspecified atom stereocenters. The van der Waals surface area contributed by atoms with Crippen LogP contribution >= 0.6 is 0 Å². The molecule has 1 saturated heterocycles. The summed E-state index contributed by atoms with van der Waals surface area (Å²) in [5.74, 6) is -0.903. The van der Waals surface area contributed by atoms with Gasteiger partial charge in [-0.3, -0.25) is 14.7 Å². The molecule has 3 atom stereocenters. The molecule has 0 bridgehead atoms. The van der Waals surface area contributed by atoms with Gasteiger partial charge >= 0.3 is 6.09 Å². The maximum absolute atomic E-state index is 12.0. The number of carbonyl (C=O) groups is 2. The van der Waals surface area contributed by atoms with Gasteiger partial charge in [0.05, 0.1) is 17.5 Å². The van der Waals surface area contributed by atoms with Crippen molar-refractivity contribution in [3.05, 3.63) is 42.1 Å². The Balaban J connectivity index is 0.000000431. The van der Waals surface area contributed by atoms with Crippen LogP contribution in [0, 0.1) is 0 Å². The number of rotatable bonds is 2. The second-order valence-electron chi connectivity index (χ2n) is 6.22. The number of fused-ring (bicyclic) bond motifs is 2. The number of aliphatic hydroxyl groups excluding tert-OH is 1. The fraction of sp³-hybridized carbons (Fsp3) is 0.235. The fourth-order valence-electron chi connectivity index (χ4n) is 2.59. The third-order valence-electron chi connectivity index (χ3n) is 3.84. The van der Waals surface area contributed by atoms with E-state index in [2.05, 4.69) is 10.3 Å². The van der Waals surface area contributed by atoms with Crippen LogP contribution in [0.25, 0.3) is 10.9 Å². The van der Waals surface area contributed by atoms with Crippen molar-refractivity contribution < 1.29 is 42.2 Å². The first-order chi connectivity index (χ1) is 13.5. The van der Waals surface area contributed by atoms with E-state index in [1.807, 2.05) is 0 Å². The number of aliphatic hydroxyl groups is 1. The predicted octanol–water partition coefficient (Wildman–Crippen LogP) is 0.128. The molecule has 1 aliphatic heterocycles. The molecule has 12 heteroatoms. The molecule has 1 aliphatic carbocycles. The van der Waals surface area contributed by atoms with Gasteiger partial charge in [-0.25, -0.2) is 9.78 Å². The van der Waals surface area contributed by atoms with E-state index in [1.165, 1.54) is 6.07 Å². The standard InChI is InChI=1S/C16H12N2O6.CH4O3S/c19-10-6-9(12(21)14-13(10)23-14)18-16(22)24-15-11(20)5-7-3-1-2-4-8(7)17-15;1-5(2,3)4/h1-6,12-14,20-21H,(H,18,22);1H3,(H,2,3,4). The van der Waals surface area contributed by atoms with Crippen molar-refractivity contribution in [1.29, 1.82) is 0 Å². The summed E-state index contributed by atoms with van der Waals surface area (Å²) in [5, 5.41) is 22.8. The number of aromatic hydroxyl groups is 1. The maximum atomic E-state index is 12.0. The average Bonchev–Trinajstić information content (AvgIpc) is 3.40. The minimum Gasteiger partial charge on any atom is -0.503 e. The van der Waals surface area contributed by atoms with Crippen LogP contribution in [0.15, 0.2) is 42.1 Å². The number of carbonyl (C=O) groups excluding carboxylic acids is 2. The number of hydrogen-bond acceptors (Lipinski definition) is 9. The minimum atomic E-state index is -3.67. The quantitative estimate of drug-likeness (QED) is 0.383. The summed E-state index contributed by atoms with van der Waals surface area (Å²) in [6, 6.07) is 8.43. The van der Waals surface area contributed by atoms with E-state index in [1.54, 1.807) is 24.3 Å². The summed E-state index contributed by atoms with van der Waals surface area (Å²) in [5.41, 5.74) is 0.531. The van der Waals surface area contributed by atoms with Crippen molar-refractivity contribution >= 4 is 32.9 Å². The fourth-order valence-corrected chi connectivity index (χ4v) is 2.59. The molecule has 2 aromatic rings. The van der Waals surface area contributed by atoms with Crippen molar-refractivity contribution in [3.63, 3.8) is 0 Å². The first-order valence-corrected chi connectivity index (χ1v) is 9.97. The van der Waals surface area contributed by atoms with Crippen LogP contribution < -0.4 is 10.1 Å². The Morgan fingerprint density at radius 3 is 2.66 bits per heavy atom. The molecule has 29 heavy (non-hydrogen) atoms. The Hall–Kier alpha value is -3.06. The van der Waals surface area contributed by atoms with Crippen LogP contribution in [0.3, 0.4) is 0 Å². The number of ketones is 1. The van der Waals surface area contributed by atoms with Crippen LogP contribution in [-0.2, 0) is 19.6 Å². The van der Waals surface area contributed by atoms with Gasteiger partial charge in [0.1, 0.15) is 18.3 Å². The Labute approximate surface area is 164 Å². The molecular formula is C17H16N2O9S. The van der Waals surface area contributed by atoms with Crippen molar-refractivity contribution in [2.24, 2.45) is 0 Å². The predicted molar refractivity (Wildman–Crippen MR) is 97.8 cm³/mol. The van der Waals surface area contributed by atoms with Crippen LogP contribution in [0.5, 0.6) is 11.6 Å². The lowest BCUT2D eigenvalue weighted by Crippen LogP contribution is -2.38. The highest BCUT2D eigenvalue weighted by Gasteiger charge is 2.53. The van der Waals surface area contributed by atoms with Gasteiger partial charge in [-0.15, -0.1) is 0 Å². The van der Waals surface area contributed by atoms with Crippen LogP contribution in [-0.4, -0.2) is 64.6 Å². The van der Waals surface area contributed by atoms with Crippen molar-refractivity contribution in [2.75, 3.05) is 6.26 Å². The monoisotopic (exact) mass is 424 g/mol. The van der Waals surface area contributed by atoms with Gasteiger partial charge in [0.2, 0.25) is 0 Å². The Kier molecular flexibility index (Phi) is 5.53. The van der Waals surface area contributed by atoms with E-state index in [0.717, 1.165) is 6.08 Å². The molecule has 2 aliphatic rings. The average molecular weight is 424 g/mol. The Bertz CT molecular complexity index is 1110. The van der Waals surface area contributed by atoms with Gasteiger partial charge in [0, 0.05) is 11.5 Å². The molecule has 4 rings (SSSR count). The number of pyridine rings is 1. The third-order valence-corrected chi connectivity index (χ3v) is 3.84. The van der Waals surface area contributed by atoms with E-state index in [-0.39, 0.29) is 23.1 Å². The zero-order valence-electron chi connectivity index (χ0n) is 14.8. The molecular weight excluding hydrogens is 408 g/mol. The van der Waals surface area contributed by atoms with Gasteiger partial charge in [0.25, 0.3) is 16.0 Å². The lowest BCUT2D eigenvalue weighted by atomic mass is 10.0. The maximum Gasteiger partial charge on any atom is 0.418 e. The van der Waals surface area contributed by atoms with Crippen molar-refractivity contribution in [3.8, 4) is 11.6 Å². The first-order valence-electron chi connectivity index (χ1n) is 8.12. The SMILES string of the molecule is CS(=O)(=O)O.O=C(NC1=CC(=O)C2OC2C1O)Oc1nc2ccccc2cc1O. The molecule has 0 spiro atoms. The minimum absolute atomic E-state index is 0.0102. The summed E-state index contributed by atoms with van der Waals surface area (Å²) in [7, 11) is -3.67. The number of para-hydroxylation sites is 1. The van der Waals surface area contributed by atoms with E-state index in [9.17, 15) is 28.2 Å². The molecule has 11 nitrogen and oxygen atoms in total. The second-order valence-corrected chi connectivity index (χ2v) is 7.69. The molecule has 4 N–H and O–H groups in total. The smallest absolute Gasteiger partial charge is 0.418 e. The number of nitrogens with zero attached hydrogens (tertiary/aromatic N) is 1. The van der Waals surface area contributed by atoms with Crippen LogP contribution in [0.4, 0.5) is 4.79 Å². The normalized spacial score (nSPS) is 22.7. The number of aromatic nitrogens is 1. The highest BCUT2D eigenvalue weighted by Crippen LogP contribution is 2.33. The van der Waals surface area contributed by atoms with Crippen molar-refractivity contribution in [2.45, 2.75) is 18.3 Å². The van der Waals surface area contributed by atoms with Gasteiger partial charge in [-0.2, -0.15) is 8.42 Å². The number of benzene rings is 1. The molecule has 1 fully saturated rings. The first kappa shape index (κ1) is 20.7. The van der Waals surface area contributed by atoms with Crippen LogP contribution in [0.1, 0.15) is 0 Å². The van der Waals surface area contributed by atoms with Crippen LogP contribution in [0.2, 0.25) is 0 Å². The van der Waals surface area contributed by atoms with E-state index in [4.69, 9.17) is 14.0 Å². The number of nitrogens with one attached hydrogen (secondary N) is 1. The molecule has 0 saturated carbocycles. The number of amides is 1. The molecule has 0 radical (unpaired) electrons. The Morgan fingerprint density at radius 2 is 1.97 bits per heavy atom. The lowest BCUT2D eigenvalue weighted by molar-refractivity contribution is -0.116. The largest absolute Gasteiger partial charge is 0.503 e. The number of hydrogen-bond donors (Lipinski definition) is 4. The highest BCUT2D eigenvalue weighted by atomic mass is 32.2. The van der Waals surface area contributed by atoms with Gasteiger partial charge < -0.3 is 19.7 Å². The molecule has 1 amide bonds. The summed E-state index contributed by atoms with van der Waals surface area (Å²) in [6.45, 7) is 0. The molecule has 1 aromatic carbocycles. The summed E-state index contributed by atoms with van der Waals surface area (Å²) >= 11 is 0. The van der Waals surface area contributed by atoms with E-state index in [0.29, 0.717) is 17.2 Å². The summed E-state index contributed by atoms with van der Waals surface area (Å²) < 4.78 is 35.8. The highest BCUT2D eigenvalue weighted by molar-refractivity contribution is 7.85. The van der Waals surface area contributed by atoms with E-state index < -0.39 is 34.5 Å². The third kappa shape index (κ3) is 5.26. The van der Waals surface area contributed by atoms with E-state index >= 15 is 0 Å². The topological polar surface area (TPSA) is 176 Å². The summed E-state index contributed by atoms with van der Waals surface area (Å²) in [6.07, 6.45) is -1.54. The lowest BCUT2D eigenvalue weighted by Gasteiger charge is -2.16. The van der Waals surface area contributed by atoms with Crippen molar-refractivity contribution in [1.82, 2.24) is 10.3 Å². The van der Waals surface area contributed by atoms with Gasteiger partial charge in [0.15, 0.2) is 11.5 Å². The number of ether oxygens (including phenoxy) is 2. The zero-order chi connectivity index (χ0) is 21.3. The molecule has 2 heterocycles.